The number of Topliss-reactive ketones (excluding diaryl/α,β-unsaturated/α-hetero) is 1. The van der Waals surface area contributed by atoms with Crippen molar-refractivity contribution in [1.82, 2.24) is 5.32 Å². The Kier molecular flexibility index (Phi) is 6.12. The molecule has 1 aliphatic carbocycles. The van der Waals surface area contributed by atoms with Crippen LogP contribution < -0.4 is 5.32 Å². The van der Waals surface area contributed by atoms with Gasteiger partial charge in [0, 0.05) is 18.4 Å². The van der Waals surface area contributed by atoms with Gasteiger partial charge in [0.1, 0.15) is 5.54 Å². The molecule has 0 saturated heterocycles. The maximum atomic E-state index is 12.2. The fourth-order valence-electron chi connectivity index (χ4n) is 3.07. The molecule has 24 heavy (non-hydrogen) atoms. The summed E-state index contributed by atoms with van der Waals surface area (Å²) in [6, 6.07) is 7.29. The number of nitrogens with one attached hydrogen (secondary N) is 1. The molecule has 0 heterocycles. The first-order chi connectivity index (χ1) is 11.5. The Morgan fingerprint density at radius 2 is 1.71 bits per heavy atom. The van der Waals surface area contributed by atoms with Crippen LogP contribution in [0, 0.1) is 6.92 Å². The highest BCUT2D eigenvalue weighted by Gasteiger charge is 2.43. The van der Waals surface area contributed by atoms with Crippen LogP contribution in [0.25, 0.3) is 0 Å². The molecule has 0 bridgehead atoms. The van der Waals surface area contributed by atoms with Gasteiger partial charge >= 0.3 is 5.97 Å². The minimum Gasteiger partial charge on any atom is -0.464 e. The Hall–Kier alpha value is -2.17. The molecule has 5 heteroatoms. The van der Waals surface area contributed by atoms with Gasteiger partial charge in [0.25, 0.3) is 0 Å². The first-order valence-corrected chi connectivity index (χ1v) is 8.55. The number of carbonyl (C=O) groups is 3. The molecule has 0 radical (unpaired) electrons. The Morgan fingerprint density at radius 1 is 1.08 bits per heavy atom. The highest BCUT2D eigenvalue weighted by atomic mass is 16.5. The summed E-state index contributed by atoms with van der Waals surface area (Å²) in [4.78, 5) is 36.6. The Bertz CT molecular complexity index is 600. The SMILES string of the molecule is CCOC(=O)C1(NC(=O)CCC(=O)c2ccc(C)cc2)CCCC1. The van der Waals surface area contributed by atoms with Crippen molar-refractivity contribution in [1.29, 1.82) is 0 Å². The second-order valence-corrected chi connectivity index (χ2v) is 6.35. The predicted molar refractivity (Wildman–Crippen MR) is 90.7 cm³/mol. The van der Waals surface area contributed by atoms with Crippen LogP contribution in [0.5, 0.6) is 0 Å². The average molecular weight is 331 g/mol. The lowest BCUT2D eigenvalue weighted by molar-refractivity contribution is -0.153. The van der Waals surface area contributed by atoms with Gasteiger partial charge in [-0.1, -0.05) is 42.7 Å². The summed E-state index contributed by atoms with van der Waals surface area (Å²) < 4.78 is 5.12. The van der Waals surface area contributed by atoms with E-state index >= 15 is 0 Å². The Balaban J connectivity index is 1.90. The third-order valence-corrected chi connectivity index (χ3v) is 4.45. The molecule has 1 saturated carbocycles. The van der Waals surface area contributed by atoms with Crippen molar-refractivity contribution in [3.05, 3.63) is 35.4 Å². The molecule has 1 fully saturated rings. The maximum Gasteiger partial charge on any atom is 0.331 e. The minimum absolute atomic E-state index is 0.0678. The number of esters is 1. The zero-order valence-electron chi connectivity index (χ0n) is 14.4. The van der Waals surface area contributed by atoms with E-state index in [1.807, 2.05) is 19.1 Å². The Morgan fingerprint density at radius 3 is 2.29 bits per heavy atom. The number of hydrogen-bond donors (Lipinski definition) is 1. The lowest BCUT2D eigenvalue weighted by Crippen LogP contribution is -2.53. The van der Waals surface area contributed by atoms with Crippen molar-refractivity contribution in [2.75, 3.05) is 6.61 Å². The summed E-state index contributed by atoms with van der Waals surface area (Å²) in [6.45, 7) is 4.00. The van der Waals surface area contributed by atoms with Gasteiger partial charge in [0.05, 0.1) is 6.61 Å². The molecular formula is C19H25NO4. The zero-order valence-corrected chi connectivity index (χ0v) is 14.4. The lowest BCUT2D eigenvalue weighted by atomic mass is 9.97. The van der Waals surface area contributed by atoms with E-state index in [1.165, 1.54) is 0 Å². The van der Waals surface area contributed by atoms with Crippen molar-refractivity contribution < 1.29 is 19.1 Å². The first-order valence-electron chi connectivity index (χ1n) is 8.55. The largest absolute Gasteiger partial charge is 0.464 e. The first kappa shape index (κ1) is 18.2. The van der Waals surface area contributed by atoms with Crippen molar-refractivity contribution in [2.24, 2.45) is 0 Å². The fourth-order valence-corrected chi connectivity index (χ4v) is 3.07. The highest BCUT2D eigenvalue weighted by Crippen LogP contribution is 2.31. The van der Waals surface area contributed by atoms with E-state index in [-0.39, 0.29) is 30.5 Å². The normalized spacial score (nSPS) is 15.8. The van der Waals surface area contributed by atoms with Crippen molar-refractivity contribution in [3.63, 3.8) is 0 Å². The summed E-state index contributed by atoms with van der Waals surface area (Å²) >= 11 is 0. The van der Waals surface area contributed by atoms with Crippen LogP contribution in [0.2, 0.25) is 0 Å². The number of ether oxygens (including phenoxy) is 1. The van der Waals surface area contributed by atoms with E-state index < -0.39 is 5.54 Å². The van der Waals surface area contributed by atoms with Crippen LogP contribution in [-0.2, 0) is 14.3 Å². The number of carbonyl (C=O) groups excluding carboxylic acids is 3. The summed E-state index contributed by atoms with van der Waals surface area (Å²) in [5.41, 5.74) is 0.788. The Labute approximate surface area is 142 Å². The number of benzene rings is 1. The van der Waals surface area contributed by atoms with Gasteiger partial charge in [-0.3, -0.25) is 9.59 Å². The molecule has 5 nitrogen and oxygen atoms in total. The smallest absolute Gasteiger partial charge is 0.331 e. The highest BCUT2D eigenvalue weighted by molar-refractivity contribution is 5.98. The van der Waals surface area contributed by atoms with Crippen LogP contribution in [0.15, 0.2) is 24.3 Å². The standard InChI is InChI=1S/C19H25NO4/c1-3-24-18(23)19(12-4-5-13-19)20-17(22)11-10-16(21)15-8-6-14(2)7-9-15/h6-9H,3-5,10-13H2,1-2H3,(H,20,22). The molecule has 130 valence electrons. The molecule has 2 rings (SSSR count). The van der Waals surface area contributed by atoms with Crippen LogP contribution in [0.4, 0.5) is 0 Å². The van der Waals surface area contributed by atoms with E-state index in [0.29, 0.717) is 25.0 Å². The van der Waals surface area contributed by atoms with Crippen molar-refractivity contribution in [3.8, 4) is 0 Å². The van der Waals surface area contributed by atoms with Gasteiger partial charge in [0.15, 0.2) is 5.78 Å². The summed E-state index contributed by atoms with van der Waals surface area (Å²) in [5, 5.41) is 2.83. The van der Waals surface area contributed by atoms with Crippen LogP contribution in [-0.4, -0.2) is 29.8 Å². The van der Waals surface area contributed by atoms with Gasteiger partial charge in [0.2, 0.25) is 5.91 Å². The summed E-state index contributed by atoms with van der Waals surface area (Å²) in [6.07, 6.45) is 3.19. The molecule has 1 aromatic carbocycles. The van der Waals surface area contributed by atoms with Gasteiger partial charge in [-0.15, -0.1) is 0 Å². The third-order valence-electron chi connectivity index (χ3n) is 4.45. The molecule has 0 aliphatic heterocycles. The number of amides is 1. The minimum atomic E-state index is -0.903. The zero-order chi connectivity index (χ0) is 17.6. The average Bonchev–Trinajstić information content (AvgIpc) is 3.03. The summed E-state index contributed by atoms with van der Waals surface area (Å²) in [7, 11) is 0. The lowest BCUT2D eigenvalue weighted by Gasteiger charge is -2.27. The molecule has 0 aromatic heterocycles. The van der Waals surface area contributed by atoms with Crippen LogP contribution in [0.1, 0.15) is 61.4 Å². The van der Waals surface area contributed by atoms with Gasteiger partial charge in [-0.25, -0.2) is 4.79 Å². The molecule has 0 unspecified atom stereocenters. The molecule has 0 spiro atoms. The van der Waals surface area contributed by atoms with Crippen molar-refractivity contribution >= 4 is 17.7 Å². The van der Waals surface area contributed by atoms with E-state index in [4.69, 9.17) is 4.74 Å². The molecule has 0 atom stereocenters. The monoisotopic (exact) mass is 331 g/mol. The quantitative estimate of drug-likeness (QED) is 0.616. The topological polar surface area (TPSA) is 72.5 Å². The van der Waals surface area contributed by atoms with Gasteiger partial charge in [-0.05, 0) is 26.7 Å². The van der Waals surface area contributed by atoms with E-state index in [1.54, 1.807) is 19.1 Å². The fraction of sp³-hybridized carbons (Fsp3) is 0.526. The molecule has 1 aliphatic rings. The maximum absolute atomic E-state index is 12.2. The number of aryl methyl sites for hydroxylation is 1. The van der Waals surface area contributed by atoms with Crippen LogP contribution in [0.3, 0.4) is 0 Å². The van der Waals surface area contributed by atoms with Gasteiger partial charge in [-0.2, -0.15) is 0 Å². The number of hydrogen-bond acceptors (Lipinski definition) is 4. The predicted octanol–water partition coefficient (Wildman–Crippen LogP) is 2.95. The number of ketones is 1. The van der Waals surface area contributed by atoms with Gasteiger partial charge < -0.3 is 10.1 Å². The van der Waals surface area contributed by atoms with E-state index in [9.17, 15) is 14.4 Å². The molecule has 1 N–H and O–H groups in total. The molecule has 1 aromatic rings. The second kappa shape index (κ2) is 8.08. The number of rotatable bonds is 7. The van der Waals surface area contributed by atoms with Crippen LogP contribution >= 0.6 is 0 Å². The molecular weight excluding hydrogens is 306 g/mol. The molecule has 1 amide bonds. The third kappa shape index (κ3) is 4.43. The second-order valence-electron chi connectivity index (χ2n) is 6.35. The van der Waals surface area contributed by atoms with E-state index in [2.05, 4.69) is 5.32 Å². The van der Waals surface area contributed by atoms with Crippen molar-refractivity contribution in [2.45, 2.75) is 57.9 Å². The van der Waals surface area contributed by atoms with E-state index in [0.717, 1.165) is 18.4 Å². The summed E-state index contributed by atoms with van der Waals surface area (Å²) in [5.74, 6) is -0.701.